The number of hydrogen-bond donors (Lipinski definition) is 1. The molecular formula is C13H17BrClNO. The van der Waals surface area contributed by atoms with E-state index in [-0.39, 0.29) is 11.3 Å². The zero-order valence-corrected chi connectivity index (χ0v) is 12.7. The van der Waals surface area contributed by atoms with Crippen LogP contribution in [0.2, 0.25) is 5.02 Å². The van der Waals surface area contributed by atoms with Crippen molar-refractivity contribution in [2.45, 2.75) is 27.2 Å². The molecule has 0 unspecified atom stereocenters. The topological polar surface area (TPSA) is 29.1 Å². The Balaban J connectivity index is 2.74. The highest BCUT2D eigenvalue weighted by atomic mass is 79.9. The van der Waals surface area contributed by atoms with Crippen LogP contribution in [0.25, 0.3) is 0 Å². The Labute approximate surface area is 116 Å². The van der Waals surface area contributed by atoms with Gasteiger partial charge in [-0.15, -0.1) is 0 Å². The Kier molecular flexibility index (Phi) is 5.02. The molecule has 0 heterocycles. The van der Waals surface area contributed by atoms with E-state index in [4.69, 9.17) is 11.6 Å². The van der Waals surface area contributed by atoms with Crippen LogP contribution in [-0.2, 0) is 0 Å². The molecule has 1 aromatic carbocycles. The summed E-state index contributed by atoms with van der Waals surface area (Å²) in [5, 5.41) is 3.37. The fourth-order valence-electron chi connectivity index (χ4n) is 1.22. The average Bonchev–Trinajstić information content (AvgIpc) is 2.30. The fraction of sp³-hybridized carbons (Fsp3) is 0.462. The van der Waals surface area contributed by atoms with Gasteiger partial charge in [0.15, 0.2) is 0 Å². The van der Waals surface area contributed by atoms with Gasteiger partial charge >= 0.3 is 0 Å². The van der Waals surface area contributed by atoms with E-state index in [1.54, 1.807) is 12.1 Å². The Morgan fingerprint density at radius 1 is 1.47 bits per heavy atom. The molecule has 94 valence electrons. The zero-order valence-electron chi connectivity index (χ0n) is 10.3. The number of rotatable bonds is 4. The van der Waals surface area contributed by atoms with Gasteiger partial charge in [0.25, 0.3) is 5.91 Å². The molecule has 4 heteroatoms. The maximum absolute atomic E-state index is 12.0. The second-order valence-corrected chi connectivity index (χ2v) is 6.03. The molecule has 0 spiro atoms. The van der Waals surface area contributed by atoms with E-state index in [9.17, 15) is 4.79 Å². The van der Waals surface area contributed by atoms with Gasteiger partial charge < -0.3 is 5.32 Å². The standard InChI is InChI=1S/C13H17BrClNO/c1-4-13(2,3)8-16-12(17)9-6-5-7-10(14)11(9)15/h5-7H,4,8H2,1-3H3,(H,16,17). The first-order valence-corrected chi connectivity index (χ1v) is 6.76. The average molecular weight is 319 g/mol. The summed E-state index contributed by atoms with van der Waals surface area (Å²) in [5.41, 5.74) is 0.613. The Morgan fingerprint density at radius 3 is 2.71 bits per heavy atom. The van der Waals surface area contributed by atoms with E-state index in [1.165, 1.54) is 0 Å². The summed E-state index contributed by atoms with van der Waals surface area (Å²) >= 11 is 9.37. The predicted molar refractivity (Wildman–Crippen MR) is 75.6 cm³/mol. The summed E-state index contributed by atoms with van der Waals surface area (Å²) < 4.78 is 0.738. The van der Waals surface area contributed by atoms with E-state index < -0.39 is 0 Å². The van der Waals surface area contributed by atoms with Crippen LogP contribution in [0.3, 0.4) is 0 Å². The lowest BCUT2D eigenvalue weighted by atomic mass is 9.90. The number of hydrogen-bond acceptors (Lipinski definition) is 1. The van der Waals surface area contributed by atoms with E-state index in [1.807, 2.05) is 6.07 Å². The maximum atomic E-state index is 12.0. The van der Waals surface area contributed by atoms with E-state index >= 15 is 0 Å². The Bertz CT molecular complexity index is 418. The van der Waals surface area contributed by atoms with Crippen LogP contribution < -0.4 is 5.32 Å². The molecule has 0 saturated carbocycles. The van der Waals surface area contributed by atoms with Crippen molar-refractivity contribution < 1.29 is 4.79 Å². The number of halogens is 2. The van der Waals surface area contributed by atoms with Crippen LogP contribution in [0, 0.1) is 5.41 Å². The van der Waals surface area contributed by atoms with Crippen molar-refractivity contribution in [2.75, 3.05) is 6.54 Å². The lowest BCUT2D eigenvalue weighted by Crippen LogP contribution is -2.33. The highest BCUT2D eigenvalue weighted by Gasteiger charge is 2.18. The van der Waals surface area contributed by atoms with Crippen LogP contribution in [-0.4, -0.2) is 12.5 Å². The largest absolute Gasteiger partial charge is 0.351 e. The molecule has 1 amide bonds. The molecule has 0 aliphatic carbocycles. The summed E-state index contributed by atoms with van der Waals surface area (Å²) in [4.78, 5) is 12.0. The van der Waals surface area contributed by atoms with E-state index in [0.29, 0.717) is 17.1 Å². The van der Waals surface area contributed by atoms with Crippen LogP contribution in [0.1, 0.15) is 37.6 Å². The van der Waals surface area contributed by atoms with Gasteiger partial charge in [-0.05, 0) is 39.9 Å². The van der Waals surface area contributed by atoms with Crippen molar-refractivity contribution in [3.63, 3.8) is 0 Å². The molecule has 0 radical (unpaired) electrons. The number of amides is 1. The molecule has 0 aromatic heterocycles. The van der Waals surface area contributed by atoms with Crippen LogP contribution in [0.15, 0.2) is 22.7 Å². The first kappa shape index (κ1) is 14.5. The number of benzene rings is 1. The third-order valence-corrected chi connectivity index (χ3v) is 4.18. The second-order valence-electron chi connectivity index (χ2n) is 4.80. The molecule has 0 saturated heterocycles. The van der Waals surface area contributed by atoms with Crippen LogP contribution >= 0.6 is 27.5 Å². The molecular weight excluding hydrogens is 302 g/mol. The fourth-order valence-corrected chi connectivity index (χ4v) is 1.80. The first-order valence-electron chi connectivity index (χ1n) is 5.59. The van der Waals surface area contributed by atoms with Gasteiger partial charge in [0.2, 0.25) is 0 Å². The molecule has 0 aliphatic heterocycles. The molecule has 0 atom stereocenters. The molecule has 17 heavy (non-hydrogen) atoms. The SMILES string of the molecule is CCC(C)(C)CNC(=O)c1cccc(Br)c1Cl. The third-order valence-electron chi connectivity index (χ3n) is 2.88. The van der Waals surface area contributed by atoms with E-state index in [0.717, 1.165) is 10.9 Å². The minimum absolute atomic E-state index is 0.105. The van der Waals surface area contributed by atoms with Gasteiger partial charge in [-0.1, -0.05) is 38.4 Å². The van der Waals surface area contributed by atoms with Gasteiger partial charge in [0.05, 0.1) is 10.6 Å². The van der Waals surface area contributed by atoms with Crippen molar-refractivity contribution in [2.24, 2.45) is 5.41 Å². The maximum Gasteiger partial charge on any atom is 0.252 e. The zero-order chi connectivity index (χ0) is 13.1. The Hall–Kier alpha value is -0.540. The number of carbonyl (C=O) groups excluding carboxylic acids is 1. The lowest BCUT2D eigenvalue weighted by Gasteiger charge is -2.23. The summed E-state index contributed by atoms with van der Waals surface area (Å²) in [7, 11) is 0. The Morgan fingerprint density at radius 2 is 2.12 bits per heavy atom. The lowest BCUT2D eigenvalue weighted by molar-refractivity contribution is 0.0936. The molecule has 0 aliphatic rings. The normalized spacial score (nSPS) is 11.4. The van der Waals surface area contributed by atoms with E-state index in [2.05, 4.69) is 42.0 Å². The van der Waals surface area contributed by atoms with Gasteiger partial charge in [-0.2, -0.15) is 0 Å². The minimum Gasteiger partial charge on any atom is -0.351 e. The highest BCUT2D eigenvalue weighted by molar-refractivity contribution is 9.10. The van der Waals surface area contributed by atoms with Gasteiger partial charge in [0.1, 0.15) is 0 Å². The predicted octanol–water partition coefficient (Wildman–Crippen LogP) is 4.27. The number of nitrogens with one attached hydrogen (secondary N) is 1. The summed E-state index contributed by atoms with van der Waals surface area (Å²) in [5.74, 6) is -0.127. The second kappa shape index (κ2) is 5.87. The smallest absolute Gasteiger partial charge is 0.252 e. The monoisotopic (exact) mass is 317 g/mol. The summed E-state index contributed by atoms with van der Waals surface area (Å²) in [6.07, 6.45) is 1.01. The number of carbonyl (C=O) groups is 1. The molecule has 1 N–H and O–H groups in total. The van der Waals surface area contributed by atoms with Crippen LogP contribution in [0.4, 0.5) is 0 Å². The summed E-state index contributed by atoms with van der Waals surface area (Å²) in [6, 6.07) is 5.34. The van der Waals surface area contributed by atoms with Crippen molar-refractivity contribution in [3.8, 4) is 0 Å². The van der Waals surface area contributed by atoms with Crippen molar-refractivity contribution in [3.05, 3.63) is 33.3 Å². The minimum atomic E-state index is -0.127. The van der Waals surface area contributed by atoms with Gasteiger partial charge in [0, 0.05) is 11.0 Å². The van der Waals surface area contributed by atoms with Crippen LogP contribution in [0.5, 0.6) is 0 Å². The molecule has 1 rings (SSSR count). The van der Waals surface area contributed by atoms with Crippen molar-refractivity contribution in [1.29, 1.82) is 0 Å². The quantitative estimate of drug-likeness (QED) is 0.882. The molecule has 2 nitrogen and oxygen atoms in total. The highest BCUT2D eigenvalue weighted by Crippen LogP contribution is 2.26. The molecule has 0 fully saturated rings. The van der Waals surface area contributed by atoms with Gasteiger partial charge in [-0.3, -0.25) is 4.79 Å². The molecule has 0 bridgehead atoms. The molecule has 1 aromatic rings. The summed E-state index contributed by atoms with van der Waals surface area (Å²) in [6.45, 7) is 7.00. The van der Waals surface area contributed by atoms with Crippen molar-refractivity contribution in [1.82, 2.24) is 5.32 Å². The first-order chi connectivity index (χ1) is 7.87. The third kappa shape index (κ3) is 4.00. The van der Waals surface area contributed by atoms with Gasteiger partial charge in [-0.25, -0.2) is 0 Å². The van der Waals surface area contributed by atoms with Crippen molar-refractivity contribution >= 4 is 33.4 Å².